The van der Waals surface area contributed by atoms with Gasteiger partial charge in [-0.15, -0.1) is 0 Å². The van der Waals surface area contributed by atoms with E-state index in [0.29, 0.717) is 5.92 Å². The van der Waals surface area contributed by atoms with Crippen molar-refractivity contribution in [2.75, 3.05) is 32.8 Å². The SMILES string of the molecule is C=C(Br)CN1CCOCC(C)C1. The number of rotatable bonds is 2. The standard InChI is InChI=1S/C9H16BrNO/c1-8-5-11(6-9(2)10)3-4-12-7-8/h8H,2-7H2,1H3. The van der Waals surface area contributed by atoms with Gasteiger partial charge in [0.15, 0.2) is 0 Å². The van der Waals surface area contributed by atoms with Crippen LogP contribution in [-0.2, 0) is 4.74 Å². The molecule has 1 aliphatic rings. The zero-order valence-electron chi connectivity index (χ0n) is 7.55. The number of ether oxygens (including phenoxy) is 1. The minimum Gasteiger partial charge on any atom is -0.380 e. The molecule has 0 saturated carbocycles. The van der Waals surface area contributed by atoms with E-state index in [-0.39, 0.29) is 0 Å². The lowest BCUT2D eigenvalue weighted by molar-refractivity contribution is 0.126. The minimum atomic E-state index is 0.638. The molecule has 0 aromatic carbocycles. The van der Waals surface area contributed by atoms with Crippen molar-refractivity contribution in [1.29, 1.82) is 0 Å². The Morgan fingerprint density at radius 3 is 3.17 bits per heavy atom. The van der Waals surface area contributed by atoms with Gasteiger partial charge in [-0.1, -0.05) is 29.4 Å². The van der Waals surface area contributed by atoms with Crippen LogP contribution in [0, 0.1) is 5.92 Å². The van der Waals surface area contributed by atoms with Crippen LogP contribution in [0.25, 0.3) is 0 Å². The third-order valence-electron chi connectivity index (χ3n) is 1.92. The molecule has 1 rings (SSSR count). The zero-order chi connectivity index (χ0) is 8.97. The summed E-state index contributed by atoms with van der Waals surface area (Å²) in [6.07, 6.45) is 0. The second-order valence-electron chi connectivity index (χ2n) is 3.43. The van der Waals surface area contributed by atoms with E-state index in [1.807, 2.05) is 0 Å². The molecule has 1 atom stereocenters. The normalized spacial score (nSPS) is 26.7. The van der Waals surface area contributed by atoms with Crippen molar-refractivity contribution in [2.45, 2.75) is 6.92 Å². The maximum Gasteiger partial charge on any atom is 0.0593 e. The summed E-state index contributed by atoms with van der Waals surface area (Å²) < 4.78 is 6.48. The maximum atomic E-state index is 5.43. The fraction of sp³-hybridized carbons (Fsp3) is 0.778. The van der Waals surface area contributed by atoms with Crippen LogP contribution in [0.15, 0.2) is 11.1 Å². The summed E-state index contributed by atoms with van der Waals surface area (Å²) in [6, 6.07) is 0. The maximum absolute atomic E-state index is 5.43. The lowest BCUT2D eigenvalue weighted by atomic mass is 10.2. The Hall–Kier alpha value is 0.140. The lowest BCUT2D eigenvalue weighted by Gasteiger charge is -2.20. The summed E-state index contributed by atoms with van der Waals surface area (Å²) >= 11 is 3.38. The molecule has 1 heterocycles. The van der Waals surface area contributed by atoms with Crippen molar-refractivity contribution in [1.82, 2.24) is 4.90 Å². The Balaban J connectivity index is 2.35. The van der Waals surface area contributed by atoms with Crippen LogP contribution in [0.4, 0.5) is 0 Å². The monoisotopic (exact) mass is 233 g/mol. The molecule has 1 saturated heterocycles. The molecule has 1 unspecified atom stereocenters. The van der Waals surface area contributed by atoms with E-state index in [0.717, 1.165) is 37.3 Å². The molecule has 0 aromatic heterocycles. The number of hydrogen-bond donors (Lipinski definition) is 0. The number of nitrogens with zero attached hydrogens (tertiary/aromatic N) is 1. The third kappa shape index (κ3) is 3.70. The number of hydrogen-bond acceptors (Lipinski definition) is 2. The Bertz CT molecular complexity index is 161. The van der Waals surface area contributed by atoms with E-state index in [1.165, 1.54) is 0 Å². The predicted octanol–water partition coefficient (Wildman–Crippen LogP) is 1.86. The van der Waals surface area contributed by atoms with Gasteiger partial charge in [-0.05, 0) is 5.92 Å². The van der Waals surface area contributed by atoms with Crippen LogP contribution < -0.4 is 0 Å². The first-order valence-corrected chi connectivity index (χ1v) is 5.11. The third-order valence-corrected chi connectivity index (χ3v) is 2.17. The highest BCUT2D eigenvalue weighted by Gasteiger charge is 2.14. The summed E-state index contributed by atoms with van der Waals surface area (Å²) in [6.45, 7) is 10.9. The second-order valence-corrected chi connectivity index (χ2v) is 4.55. The van der Waals surface area contributed by atoms with Gasteiger partial charge < -0.3 is 4.74 Å². The topological polar surface area (TPSA) is 12.5 Å². The van der Waals surface area contributed by atoms with Crippen LogP contribution in [0.5, 0.6) is 0 Å². The zero-order valence-corrected chi connectivity index (χ0v) is 9.14. The van der Waals surface area contributed by atoms with Crippen molar-refractivity contribution < 1.29 is 4.74 Å². The predicted molar refractivity (Wildman–Crippen MR) is 54.5 cm³/mol. The van der Waals surface area contributed by atoms with E-state index >= 15 is 0 Å². The Morgan fingerprint density at radius 2 is 2.50 bits per heavy atom. The Morgan fingerprint density at radius 1 is 1.75 bits per heavy atom. The summed E-state index contributed by atoms with van der Waals surface area (Å²) in [7, 11) is 0. The van der Waals surface area contributed by atoms with Crippen molar-refractivity contribution in [3.05, 3.63) is 11.1 Å². The molecule has 0 spiro atoms. The lowest BCUT2D eigenvalue weighted by Crippen LogP contribution is -2.30. The molecule has 2 nitrogen and oxygen atoms in total. The van der Waals surface area contributed by atoms with Crippen LogP contribution in [0.2, 0.25) is 0 Å². The van der Waals surface area contributed by atoms with E-state index in [2.05, 4.69) is 34.3 Å². The largest absolute Gasteiger partial charge is 0.380 e. The van der Waals surface area contributed by atoms with Gasteiger partial charge >= 0.3 is 0 Å². The van der Waals surface area contributed by atoms with Gasteiger partial charge in [0.05, 0.1) is 13.2 Å². The first-order valence-electron chi connectivity index (χ1n) is 4.32. The first-order chi connectivity index (χ1) is 5.68. The Labute approximate surface area is 82.7 Å². The van der Waals surface area contributed by atoms with Crippen molar-refractivity contribution in [3.63, 3.8) is 0 Å². The van der Waals surface area contributed by atoms with Crippen molar-refractivity contribution in [2.24, 2.45) is 5.92 Å². The average molecular weight is 234 g/mol. The molecule has 12 heavy (non-hydrogen) atoms. The molecule has 0 amide bonds. The van der Waals surface area contributed by atoms with Crippen molar-refractivity contribution >= 4 is 15.9 Å². The molecule has 1 aliphatic heterocycles. The van der Waals surface area contributed by atoms with Gasteiger partial charge in [-0.2, -0.15) is 0 Å². The van der Waals surface area contributed by atoms with E-state index in [9.17, 15) is 0 Å². The van der Waals surface area contributed by atoms with Crippen LogP contribution >= 0.6 is 15.9 Å². The number of halogens is 1. The molecule has 0 aromatic rings. The summed E-state index contributed by atoms with van der Waals surface area (Å²) in [5.74, 6) is 0.638. The molecule has 70 valence electrons. The highest BCUT2D eigenvalue weighted by Crippen LogP contribution is 2.10. The van der Waals surface area contributed by atoms with E-state index in [4.69, 9.17) is 4.74 Å². The van der Waals surface area contributed by atoms with Gasteiger partial charge in [0, 0.05) is 24.1 Å². The second kappa shape index (κ2) is 5.00. The average Bonchev–Trinajstić information content (AvgIpc) is 2.12. The van der Waals surface area contributed by atoms with Crippen LogP contribution in [-0.4, -0.2) is 37.7 Å². The van der Waals surface area contributed by atoms with Gasteiger partial charge in [-0.25, -0.2) is 0 Å². The smallest absolute Gasteiger partial charge is 0.0593 e. The van der Waals surface area contributed by atoms with Crippen LogP contribution in [0.3, 0.4) is 0 Å². The Kier molecular flexibility index (Phi) is 4.26. The first kappa shape index (κ1) is 10.2. The highest BCUT2D eigenvalue weighted by atomic mass is 79.9. The van der Waals surface area contributed by atoms with Gasteiger partial charge in [0.1, 0.15) is 0 Å². The summed E-state index contributed by atoms with van der Waals surface area (Å²) in [4.78, 5) is 2.37. The van der Waals surface area contributed by atoms with Crippen molar-refractivity contribution in [3.8, 4) is 0 Å². The fourth-order valence-electron chi connectivity index (χ4n) is 1.45. The molecule has 0 radical (unpaired) electrons. The molecule has 3 heteroatoms. The minimum absolute atomic E-state index is 0.638. The molecule has 0 aliphatic carbocycles. The molecular formula is C9H16BrNO. The molecule has 0 bridgehead atoms. The van der Waals surface area contributed by atoms with Crippen LogP contribution in [0.1, 0.15) is 6.92 Å². The van der Waals surface area contributed by atoms with Gasteiger partial charge in [-0.3, -0.25) is 4.90 Å². The summed E-state index contributed by atoms with van der Waals surface area (Å²) in [5, 5.41) is 0. The van der Waals surface area contributed by atoms with E-state index in [1.54, 1.807) is 0 Å². The molecular weight excluding hydrogens is 218 g/mol. The van der Waals surface area contributed by atoms with Gasteiger partial charge in [0.25, 0.3) is 0 Å². The van der Waals surface area contributed by atoms with Gasteiger partial charge in [0.2, 0.25) is 0 Å². The quantitative estimate of drug-likeness (QED) is 0.723. The fourth-order valence-corrected chi connectivity index (χ4v) is 1.80. The molecule has 1 fully saturated rings. The molecule has 0 N–H and O–H groups in total. The van der Waals surface area contributed by atoms with E-state index < -0.39 is 0 Å². The summed E-state index contributed by atoms with van der Waals surface area (Å²) in [5.41, 5.74) is 0. The highest BCUT2D eigenvalue weighted by molar-refractivity contribution is 9.11.